The fourth-order valence-corrected chi connectivity index (χ4v) is 4.36. The average Bonchev–Trinajstić information content (AvgIpc) is 3.25. The molecule has 2 aromatic carbocycles. The van der Waals surface area contributed by atoms with Crippen molar-refractivity contribution in [3.05, 3.63) is 75.2 Å². The molecule has 2 heterocycles. The van der Waals surface area contributed by atoms with Crippen LogP contribution in [0.5, 0.6) is 0 Å². The maximum atomic E-state index is 13.4. The van der Waals surface area contributed by atoms with Crippen LogP contribution in [0.15, 0.2) is 53.3 Å². The molecule has 1 fully saturated rings. The molecule has 1 N–H and O–H groups in total. The smallest absolute Gasteiger partial charge is 0.383 e. The molecule has 0 aliphatic carbocycles. The molecule has 40 heavy (non-hydrogen) atoms. The van der Waals surface area contributed by atoms with Crippen LogP contribution in [-0.2, 0) is 38.3 Å². The van der Waals surface area contributed by atoms with E-state index in [9.17, 15) is 27.6 Å². The molecule has 1 unspecified atom stereocenters. The quantitative estimate of drug-likeness (QED) is 0.416. The number of rotatable bonds is 9. The Morgan fingerprint density at radius 3 is 2.50 bits per heavy atom. The van der Waals surface area contributed by atoms with E-state index >= 15 is 0 Å². The molecule has 10 nitrogen and oxygen atoms in total. The summed E-state index contributed by atoms with van der Waals surface area (Å²) in [5, 5.41) is 7.31. The van der Waals surface area contributed by atoms with Gasteiger partial charge in [-0.15, -0.1) is 5.10 Å². The number of morpholine rings is 1. The van der Waals surface area contributed by atoms with E-state index in [1.54, 1.807) is 24.3 Å². The molecule has 1 aliphatic rings. The van der Waals surface area contributed by atoms with E-state index in [4.69, 9.17) is 21.1 Å². The fraction of sp³-hybridized carbons (Fsp3) is 0.385. The first-order valence-corrected chi connectivity index (χ1v) is 12.7. The van der Waals surface area contributed by atoms with Crippen LogP contribution < -0.4 is 11.0 Å². The third-order valence-electron chi connectivity index (χ3n) is 6.26. The summed E-state index contributed by atoms with van der Waals surface area (Å²) >= 11 is 5.98. The van der Waals surface area contributed by atoms with E-state index in [-0.39, 0.29) is 50.8 Å². The Morgan fingerprint density at radius 1 is 1.15 bits per heavy atom. The van der Waals surface area contributed by atoms with Crippen LogP contribution in [0.4, 0.5) is 13.2 Å². The molecule has 1 aliphatic heterocycles. The number of hydrogen-bond donors (Lipinski definition) is 1. The number of carbonyl (C=O) groups excluding carboxylic acids is 2. The third kappa shape index (κ3) is 6.90. The van der Waals surface area contributed by atoms with E-state index in [2.05, 4.69) is 10.4 Å². The van der Waals surface area contributed by atoms with Gasteiger partial charge in [0.1, 0.15) is 12.6 Å². The van der Waals surface area contributed by atoms with Crippen molar-refractivity contribution < 1.29 is 32.2 Å². The van der Waals surface area contributed by atoms with E-state index in [0.29, 0.717) is 10.6 Å². The van der Waals surface area contributed by atoms with Gasteiger partial charge in [0, 0.05) is 30.8 Å². The normalized spacial score (nSPS) is 14.7. The molecule has 14 heteroatoms. The van der Waals surface area contributed by atoms with Crippen molar-refractivity contribution in [1.82, 2.24) is 24.6 Å². The lowest BCUT2D eigenvalue weighted by atomic mass is 10.0. The highest BCUT2D eigenvalue weighted by atomic mass is 35.5. The van der Waals surface area contributed by atoms with E-state index in [0.717, 1.165) is 16.8 Å². The van der Waals surface area contributed by atoms with Gasteiger partial charge in [0.05, 0.1) is 31.9 Å². The van der Waals surface area contributed by atoms with Crippen molar-refractivity contribution in [2.45, 2.75) is 25.3 Å². The zero-order chi connectivity index (χ0) is 28.9. The topological polar surface area (TPSA) is 108 Å². The van der Waals surface area contributed by atoms with Crippen LogP contribution in [0.25, 0.3) is 11.4 Å². The predicted molar refractivity (Wildman–Crippen MR) is 139 cm³/mol. The molecule has 0 bridgehead atoms. The van der Waals surface area contributed by atoms with Gasteiger partial charge in [-0.1, -0.05) is 23.7 Å². The van der Waals surface area contributed by atoms with Crippen molar-refractivity contribution >= 4 is 23.4 Å². The first-order chi connectivity index (χ1) is 19.1. The summed E-state index contributed by atoms with van der Waals surface area (Å²) in [6.45, 7) is 0.732. The SMILES string of the molecule is COCCn1c(-c2ccc(Cl)cc2)nn(CC(=O)NC(C(=O)N2CCOCC2)c2cccc(C(F)(F)F)c2)c1=O. The molecule has 0 saturated carbocycles. The van der Waals surface area contributed by atoms with E-state index in [1.165, 1.54) is 28.7 Å². The van der Waals surface area contributed by atoms with Crippen LogP contribution in [0.3, 0.4) is 0 Å². The first kappa shape index (κ1) is 29.3. The van der Waals surface area contributed by atoms with Crippen LogP contribution in [0, 0.1) is 0 Å². The molecule has 0 spiro atoms. The van der Waals surface area contributed by atoms with Crippen LogP contribution in [0.1, 0.15) is 17.2 Å². The molecule has 1 saturated heterocycles. The van der Waals surface area contributed by atoms with Crippen LogP contribution in [0.2, 0.25) is 5.02 Å². The highest BCUT2D eigenvalue weighted by Gasteiger charge is 2.34. The Bertz CT molecular complexity index is 1400. The first-order valence-electron chi connectivity index (χ1n) is 12.3. The summed E-state index contributed by atoms with van der Waals surface area (Å²) in [6, 6.07) is 9.39. The predicted octanol–water partition coefficient (Wildman–Crippen LogP) is 2.75. The lowest BCUT2D eigenvalue weighted by molar-refractivity contribution is -0.141. The largest absolute Gasteiger partial charge is 0.416 e. The monoisotopic (exact) mass is 581 g/mol. The van der Waals surface area contributed by atoms with Crippen LogP contribution >= 0.6 is 11.6 Å². The van der Waals surface area contributed by atoms with Gasteiger partial charge in [0.15, 0.2) is 5.82 Å². The van der Waals surface area contributed by atoms with Crippen molar-refractivity contribution in [3.63, 3.8) is 0 Å². The van der Waals surface area contributed by atoms with Gasteiger partial charge in [-0.25, -0.2) is 9.48 Å². The Kier molecular flexibility index (Phi) is 9.28. The maximum Gasteiger partial charge on any atom is 0.416 e. The lowest BCUT2D eigenvalue weighted by Gasteiger charge is -2.31. The number of amides is 2. The number of halogens is 4. The van der Waals surface area contributed by atoms with Gasteiger partial charge in [-0.2, -0.15) is 13.2 Å². The van der Waals surface area contributed by atoms with Gasteiger partial charge in [-0.05, 0) is 42.0 Å². The Labute approximate surface area is 232 Å². The van der Waals surface area contributed by atoms with Crippen molar-refractivity contribution in [1.29, 1.82) is 0 Å². The van der Waals surface area contributed by atoms with Crippen LogP contribution in [-0.4, -0.2) is 71.1 Å². The number of alkyl halides is 3. The molecule has 2 amide bonds. The maximum absolute atomic E-state index is 13.4. The zero-order valence-electron chi connectivity index (χ0n) is 21.5. The van der Waals surface area contributed by atoms with E-state index < -0.39 is 41.8 Å². The highest BCUT2D eigenvalue weighted by Crippen LogP contribution is 2.31. The van der Waals surface area contributed by atoms with Gasteiger partial charge in [0.2, 0.25) is 11.8 Å². The zero-order valence-corrected chi connectivity index (χ0v) is 22.2. The molecular formula is C26H27ClF3N5O5. The number of aromatic nitrogens is 3. The van der Waals surface area contributed by atoms with Crippen molar-refractivity contribution in [2.75, 3.05) is 40.0 Å². The molecule has 214 valence electrons. The molecule has 3 aromatic rings. The van der Waals surface area contributed by atoms with E-state index in [1.807, 2.05) is 0 Å². The average molecular weight is 582 g/mol. The Morgan fingerprint density at radius 2 is 1.85 bits per heavy atom. The van der Waals surface area contributed by atoms with Crippen molar-refractivity contribution in [2.24, 2.45) is 0 Å². The van der Waals surface area contributed by atoms with Gasteiger partial charge in [0.25, 0.3) is 0 Å². The van der Waals surface area contributed by atoms with Gasteiger partial charge < -0.3 is 19.7 Å². The fourth-order valence-electron chi connectivity index (χ4n) is 4.23. The lowest BCUT2D eigenvalue weighted by Crippen LogP contribution is -2.48. The summed E-state index contributed by atoms with van der Waals surface area (Å²) < 4.78 is 52.8. The summed E-state index contributed by atoms with van der Waals surface area (Å²) in [4.78, 5) is 41.1. The number of nitrogens with one attached hydrogen (secondary N) is 1. The number of carbonyl (C=O) groups is 2. The molecule has 4 rings (SSSR count). The summed E-state index contributed by atoms with van der Waals surface area (Å²) in [5.74, 6) is -1.11. The summed E-state index contributed by atoms with van der Waals surface area (Å²) in [6.07, 6.45) is -4.65. The second-order valence-electron chi connectivity index (χ2n) is 8.98. The second kappa shape index (κ2) is 12.7. The Hall–Kier alpha value is -3.68. The highest BCUT2D eigenvalue weighted by molar-refractivity contribution is 6.30. The number of ether oxygens (including phenoxy) is 2. The number of hydrogen-bond acceptors (Lipinski definition) is 6. The standard InChI is InChI=1S/C26H27ClF3N5O5/c1-39-12-11-34-23(17-5-7-20(27)8-6-17)32-35(25(34)38)16-21(36)31-22(24(37)33-9-13-40-14-10-33)18-3-2-4-19(15-18)26(28,29)30/h2-8,15,22H,9-14,16H2,1H3,(H,31,36). The molecule has 1 aromatic heterocycles. The number of nitrogens with zero attached hydrogens (tertiary/aromatic N) is 4. The molecule has 0 radical (unpaired) electrons. The second-order valence-corrected chi connectivity index (χ2v) is 9.41. The van der Waals surface area contributed by atoms with Gasteiger partial charge in [-0.3, -0.25) is 14.2 Å². The molecular weight excluding hydrogens is 555 g/mol. The minimum absolute atomic E-state index is 0.0421. The Balaban J connectivity index is 1.63. The third-order valence-corrected chi connectivity index (χ3v) is 6.51. The molecule has 1 atom stereocenters. The number of methoxy groups -OCH3 is 1. The summed E-state index contributed by atoms with van der Waals surface area (Å²) in [5.41, 5.74) is -1.03. The minimum Gasteiger partial charge on any atom is -0.383 e. The number of benzene rings is 2. The van der Waals surface area contributed by atoms with Gasteiger partial charge >= 0.3 is 11.9 Å². The minimum atomic E-state index is -4.65. The van der Waals surface area contributed by atoms with Crippen molar-refractivity contribution in [3.8, 4) is 11.4 Å². The summed E-state index contributed by atoms with van der Waals surface area (Å²) in [7, 11) is 1.48.